The molecule has 0 saturated heterocycles. The van der Waals surface area contributed by atoms with Crippen LogP contribution in [0.4, 0.5) is 0 Å². The molecule has 0 unspecified atom stereocenters. The van der Waals surface area contributed by atoms with Gasteiger partial charge >= 0.3 is 5.97 Å². The Labute approximate surface area is 160 Å². The number of rotatable bonds is 7. The van der Waals surface area contributed by atoms with Gasteiger partial charge in [0, 0.05) is 23.5 Å². The van der Waals surface area contributed by atoms with E-state index >= 15 is 0 Å². The molecule has 1 aromatic heterocycles. The summed E-state index contributed by atoms with van der Waals surface area (Å²) in [6.07, 6.45) is 1.92. The number of fused-ring (bicyclic) bond motifs is 1. The lowest BCUT2D eigenvalue weighted by Crippen LogP contribution is -2.50. The number of hydrogen-bond acceptors (Lipinski definition) is 5. The van der Waals surface area contributed by atoms with Gasteiger partial charge < -0.3 is 31.4 Å². The molecule has 0 spiro atoms. The number of nitrogens with two attached hydrogens (primary N) is 1. The lowest BCUT2D eigenvalue weighted by atomic mass is 10.0. The molecule has 0 saturated carbocycles. The van der Waals surface area contributed by atoms with E-state index in [2.05, 4.69) is 10.3 Å². The Morgan fingerprint density at radius 1 is 1.07 bits per heavy atom. The highest BCUT2D eigenvalue weighted by Crippen LogP contribution is 2.25. The molecule has 8 nitrogen and oxygen atoms in total. The number of phenols is 2. The number of hydrogen-bond donors (Lipinski definition) is 6. The van der Waals surface area contributed by atoms with Crippen molar-refractivity contribution in [2.45, 2.75) is 24.9 Å². The third-order valence-corrected chi connectivity index (χ3v) is 4.55. The van der Waals surface area contributed by atoms with Crippen molar-refractivity contribution in [3.63, 3.8) is 0 Å². The maximum Gasteiger partial charge on any atom is 0.326 e. The average molecular weight is 383 g/mol. The van der Waals surface area contributed by atoms with Crippen molar-refractivity contribution in [2.75, 3.05) is 0 Å². The number of aromatic hydroxyl groups is 2. The molecular formula is C20H21N3O5. The van der Waals surface area contributed by atoms with E-state index in [0.717, 1.165) is 16.5 Å². The summed E-state index contributed by atoms with van der Waals surface area (Å²) in [5.74, 6) is -2.35. The summed E-state index contributed by atoms with van der Waals surface area (Å²) in [6, 6.07) is 9.50. The van der Waals surface area contributed by atoms with E-state index in [1.54, 1.807) is 6.20 Å². The summed E-state index contributed by atoms with van der Waals surface area (Å²) in [4.78, 5) is 27.1. The molecule has 3 aromatic rings. The van der Waals surface area contributed by atoms with E-state index in [-0.39, 0.29) is 24.3 Å². The van der Waals surface area contributed by atoms with Gasteiger partial charge in [-0.05, 0) is 35.7 Å². The Bertz CT molecular complexity index is 1010. The first-order valence-electron chi connectivity index (χ1n) is 8.69. The Balaban J connectivity index is 1.68. The van der Waals surface area contributed by atoms with Crippen LogP contribution >= 0.6 is 0 Å². The normalized spacial score (nSPS) is 13.2. The highest BCUT2D eigenvalue weighted by molar-refractivity contribution is 5.88. The second-order valence-corrected chi connectivity index (χ2v) is 6.60. The van der Waals surface area contributed by atoms with Crippen molar-refractivity contribution in [2.24, 2.45) is 5.73 Å². The van der Waals surface area contributed by atoms with Crippen LogP contribution in [0.3, 0.4) is 0 Å². The molecule has 7 N–H and O–H groups in total. The fourth-order valence-corrected chi connectivity index (χ4v) is 3.04. The summed E-state index contributed by atoms with van der Waals surface area (Å²) in [6.45, 7) is 0. The highest BCUT2D eigenvalue weighted by atomic mass is 16.4. The van der Waals surface area contributed by atoms with Gasteiger partial charge in [0.25, 0.3) is 0 Å². The third-order valence-electron chi connectivity index (χ3n) is 4.55. The van der Waals surface area contributed by atoms with Crippen LogP contribution in [0.25, 0.3) is 10.9 Å². The molecular weight excluding hydrogens is 362 g/mol. The number of para-hydroxylation sites is 1. The minimum atomic E-state index is -1.16. The average Bonchev–Trinajstić information content (AvgIpc) is 3.07. The van der Waals surface area contributed by atoms with E-state index < -0.39 is 24.0 Å². The number of aliphatic carboxylic acids is 1. The van der Waals surface area contributed by atoms with E-state index in [1.165, 1.54) is 18.2 Å². The number of carbonyl (C=O) groups is 2. The Morgan fingerprint density at radius 3 is 2.54 bits per heavy atom. The van der Waals surface area contributed by atoms with Crippen molar-refractivity contribution < 1.29 is 24.9 Å². The van der Waals surface area contributed by atoms with Gasteiger partial charge in [0.1, 0.15) is 6.04 Å². The number of H-pyrrole nitrogens is 1. The zero-order chi connectivity index (χ0) is 20.3. The molecule has 0 aliphatic carbocycles. The summed E-state index contributed by atoms with van der Waals surface area (Å²) < 4.78 is 0. The van der Waals surface area contributed by atoms with Gasteiger partial charge in [0.2, 0.25) is 5.91 Å². The van der Waals surface area contributed by atoms with E-state index in [1.807, 2.05) is 24.3 Å². The number of aromatic amines is 1. The van der Waals surface area contributed by atoms with Gasteiger partial charge in [0.05, 0.1) is 6.04 Å². The lowest BCUT2D eigenvalue weighted by Gasteiger charge is -2.18. The largest absolute Gasteiger partial charge is 0.504 e. The Morgan fingerprint density at radius 2 is 1.82 bits per heavy atom. The van der Waals surface area contributed by atoms with Crippen molar-refractivity contribution in [1.82, 2.24) is 10.3 Å². The second-order valence-electron chi connectivity index (χ2n) is 6.60. The van der Waals surface area contributed by atoms with Crippen molar-refractivity contribution in [1.29, 1.82) is 0 Å². The van der Waals surface area contributed by atoms with Crippen LogP contribution in [-0.4, -0.2) is 44.3 Å². The fraction of sp³-hybridized carbons (Fsp3) is 0.200. The number of aromatic nitrogens is 1. The van der Waals surface area contributed by atoms with Gasteiger partial charge in [-0.15, -0.1) is 0 Å². The molecule has 0 aliphatic heterocycles. The molecule has 2 aromatic carbocycles. The lowest BCUT2D eigenvalue weighted by molar-refractivity contribution is -0.141. The van der Waals surface area contributed by atoms with E-state index in [4.69, 9.17) is 5.73 Å². The highest BCUT2D eigenvalue weighted by Gasteiger charge is 2.25. The topological polar surface area (TPSA) is 149 Å². The molecule has 0 bridgehead atoms. The number of carboxylic acids is 1. The van der Waals surface area contributed by atoms with Crippen molar-refractivity contribution >= 4 is 22.8 Å². The summed E-state index contributed by atoms with van der Waals surface area (Å²) in [5.41, 5.74) is 8.10. The first-order chi connectivity index (χ1) is 13.3. The molecule has 8 heteroatoms. The molecule has 146 valence electrons. The SMILES string of the molecule is N[C@@H](Cc1ccc(O)c(O)c1)C(=O)N[C@@H](Cc1c[nH]c2ccccc12)C(=O)O. The molecule has 0 aliphatic rings. The molecule has 3 rings (SSSR count). The van der Waals surface area contributed by atoms with Gasteiger partial charge in [-0.25, -0.2) is 4.79 Å². The number of carbonyl (C=O) groups excluding carboxylic acids is 1. The standard InChI is InChI=1S/C20H21N3O5/c21-14(7-11-5-6-17(24)18(25)8-11)19(26)23-16(20(27)28)9-12-10-22-15-4-2-1-3-13(12)15/h1-6,8,10,14,16,22,24-25H,7,9,21H2,(H,23,26)(H,27,28)/t14-,16-/m0/s1. The van der Waals surface area contributed by atoms with Crippen LogP contribution in [0.2, 0.25) is 0 Å². The quantitative estimate of drug-likeness (QED) is 0.338. The summed E-state index contributed by atoms with van der Waals surface area (Å²) >= 11 is 0. The molecule has 1 heterocycles. The predicted molar refractivity (Wildman–Crippen MR) is 103 cm³/mol. The monoisotopic (exact) mass is 383 g/mol. The Kier molecular flexibility index (Phi) is 5.51. The molecule has 2 atom stereocenters. The maximum absolute atomic E-state index is 12.4. The number of amides is 1. The first kappa shape index (κ1) is 19.2. The molecule has 0 fully saturated rings. The Hall–Kier alpha value is -3.52. The molecule has 28 heavy (non-hydrogen) atoms. The predicted octanol–water partition coefficient (Wildman–Crippen LogP) is 1.26. The molecule has 0 radical (unpaired) electrons. The third kappa shape index (κ3) is 4.24. The van der Waals surface area contributed by atoms with Gasteiger partial charge in [-0.1, -0.05) is 24.3 Å². The zero-order valence-corrected chi connectivity index (χ0v) is 14.9. The van der Waals surface area contributed by atoms with Crippen LogP contribution in [0.15, 0.2) is 48.7 Å². The van der Waals surface area contributed by atoms with Crippen molar-refractivity contribution in [3.8, 4) is 11.5 Å². The summed E-state index contributed by atoms with van der Waals surface area (Å²) in [7, 11) is 0. The number of benzene rings is 2. The van der Waals surface area contributed by atoms with Crippen LogP contribution in [0.5, 0.6) is 11.5 Å². The fourth-order valence-electron chi connectivity index (χ4n) is 3.04. The van der Waals surface area contributed by atoms with E-state index in [9.17, 15) is 24.9 Å². The zero-order valence-electron chi connectivity index (χ0n) is 14.9. The number of carboxylic acid groups (broad SMARTS) is 1. The smallest absolute Gasteiger partial charge is 0.326 e. The minimum absolute atomic E-state index is 0.0824. The summed E-state index contributed by atoms with van der Waals surface area (Å²) in [5, 5.41) is 31.7. The second kappa shape index (κ2) is 8.01. The van der Waals surface area contributed by atoms with E-state index in [0.29, 0.717) is 5.56 Å². The maximum atomic E-state index is 12.4. The van der Waals surface area contributed by atoms with Gasteiger partial charge in [0.15, 0.2) is 11.5 Å². The van der Waals surface area contributed by atoms with Crippen LogP contribution in [0, 0.1) is 0 Å². The van der Waals surface area contributed by atoms with Gasteiger partial charge in [-0.2, -0.15) is 0 Å². The first-order valence-corrected chi connectivity index (χ1v) is 8.69. The van der Waals surface area contributed by atoms with Gasteiger partial charge in [-0.3, -0.25) is 4.79 Å². The van der Waals surface area contributed by atoms with Crippen LogP contribution in [0.1, 0.15) is 11.1 Å². The molecule has 1 amide bonds. The minimum Gasteiger partial charge on any atom is -0.504 e. The van der Waals surface area contributed by atoms with Crippen LogP contribution < -0.4 is 11.1 Å². The van der Waals surface area contributed by atoms with Crippen molar-refractivity contribution in [3.05, 3.63) is 59.8 Å². The van der Waals surface area contributed by atoms with Crippen LogP contribution in [-0.2, 0) is 22.4 Å². The number of phenolic OH excluding ortho intramolecular Hbond substituents is 2. The number of nitrogens with one attached hydrogen (secondary N) is 2.